The van der Waals surface area contributed by atoms with Crippen molar-refractivity contribution in [3.8, 4) is 0 Å². The van der Waals surface area contributed by atoms with E-state index in [0.29, 0.717) is 0 Å². The van der Waals surface area contributed by atoms with E-state index >= 15 is 0 Å². The molecule has 2 heteroatoms. The van der Waals surface area contributed by atoms with Crippen LogP contribution in [0.5, 0.6) is 0 Å². The van der Waals surface area contributed by atoms with Crippen LogP contribution in [-0.4, -0.2) is 4.98 Å². The molecule has 1 nitrogen and oxygen atoms in total. The molecule has 0 unspecified atom stereocenters. The zero-order valence-corrected chi connectivity index (χ0v) is 7.24. The Bertz CT molecular complexity index is 75.8. The Labute approximate surface area is 69.6 Å². The molecular weight excluding hydrogens is 199 g/mol. The summed E-state index contributed by atoms with van der Waals surface area (Å²) in [7, 11) is 0. The molecule has 0 aliphatic rings. The maximum absolute atomic E-state index is 3.49. The zero-order chi connectivity index (χ0) is 6.24. The van der Waals surface area contributed by atoms with E-state index < -0.39 is 0 Å². The quantitative estimate of drug-likeness (QED) is 0.498. The van der Waals surface area contributed by atoms with Gasteiger partial charge in [0.2, 0.25) is 0 Å². The topological polar surface area (TPSA) is 15.8 Å². The first kappa shape index (κ1) is 11.7. The summed E-state index contributed by atoms with van der Waals surface area (Å²) in [5.74, 6) is 0. The molecule has 0 radical (unpaired) electrons. The van der Waals surface area contributed by atoms with E-state index in [9.17, 15) is 0 Å². The van der Waals surface area contributed by atoms with Crippen LogP contribution in [0, 0.1) is 13.1 Å². The van der Waals surface area contributed by atoms with Gasteiger partial charge in [-0.15, -0.1) is 6.20 Å². The van der Waals surface area contributed by atoms with Crippen molar-refractivity contribution in [2.45, 2.75) is 13.3 Å². The van der Waals surface area contributed by atoms with Crippen molar-refractivity contribution in [2.24, 2.45) is 0 Å². The second kappa shape index (κ2) is 10.8. The van der Waals surface area contributed by atoms with Crippen molar-refractivity contribution < 1.29 is 19.5 Å². The Kier molecular flexibility index (Phi) is 14.0. The molecular formula is C7H11NRu. The van der Waals surface area contributed by atoms with E-state index in [1.54, 1.807) is 0 Å². The molecule has 0 saturated heterocycles. The average molecular weight is 210 g/mol. The van der Waals surface area contributed by atoms with Gasteiger partial charge in [-0.25, -0.2) is 0 Å². The molecule has 1 aromatic heterocycles. The van der Waals surface area contributed by atoms with E-state index in [1.807, 2.05) is 25.3 Å². The van der Waals surface area contributed by atoms with Crippen LogP contribution < -0.4 is 0 Å². The van der Waals surface area contributed by atoms with Crippen LogP contribution >= 0.6 is 0 Å². The Hall–Kier alpha value is -0.0966. The van der Waals surface area contributed by atoms with Gasteiger partial charge < -0.3 is 11.9 Å². The van der Waals surface area contributed by atoms with E-state index in [-0.39, 0.29) is 19.5 Å². The van der Waals surface area contributed by atoms with Gasteiger partial charge in [0, 0.05) is 0 Å². The molecule has 1 heterocycles. The van der Waals surface area contributed by atoms with E-state index in [2.05, 4.69) is 18.1 Å². The minimum absolute atomic E-state index is 0. The number of aromatic nitrogens is 1. The second-order valence-corrected chi connectivity index (χ2v) is 1.31. The summed E-state index contributed by atoms with van der Waals surface area (Å²) in [6.07, 6.45) is 5.56. The van der Waals surface area contributed by atoms with Crippen LogP contribution in [0.3, 0.4) is 0 Å². The third-order valence-electron chi connectivity index (χ3n) is 0.442. The predicted molar refractivity (Wildman–Crippen MR) is 35.3 cm³/mol. The molecule has 0 aliphatic carbocycles. The number of H-pyrrole nitrogens is 1. The van der Waals surface area contributed by atoms with E-state index in [1.165, 1.54) is 0 Å². The maximum atomic E-state index is 3.49. The number of hydrogen-bond acceptors (Lipinski definition) is 0. The number of aromatic amines is 1. The SMILES string of the molecule is [CH2-]CC.[Ru+2].[c-]1ccc[nH]1. The minimum atomic E-state index is 0. The van der Waals surface area contributed by atoms with Crippen molar-refractivity contribution in [3.05, 3.63) is 31.5 Å². The molecule has 0 amide bonds. The molecule has 0 fully saturated rings. The molecule has 0 aliphatic heterocycles. The Balaban J connectivity index is 0. The normalized spacial score (nSPS) is 6.44. The molecule has 1 N–H and O–H groups in total. The Morgan fingerprint density at radius 1 is 1.67 bits per heavy atom. The average Bonchev–Trinajstić information content (AvgIpc) is 2.17. The largest absolute Gasteiger partial charge is 2.00 e. The van der Waals surface area contributed by atoms with E-state index in [0.717, 1.165) is 6.42 Å². The van der Waals surface area contributed by atoms with Crippen molar-refractivity contribution in [2.75, 3.05) is 0 Å². The van der Waals surface area contributed by atoms with Gasteiger partial charge in [0.1, 0.15) is 0 Å². The summed E-state index contributed by atoms with van der Waals surface area (Å²) >= 11 is 0. The van der Waals surface area contributed by atoms with Crippen molar-refractivity contribution in [3.63, 3.8) is 0 Å². The predicted octanol–water partition coefficient (Wildman–Crippen LogP) is 2.04. The molecule has 9 heavy (non-hydrogen) atoms. The number of rotatable bonds is 0. The molecule has 0 aromatic carbocycles. The summed E-state index contributed by atoms with van der Waals surface area (Å²) in [5.41, 5.74) is 0. The number of nitrogens with one attached hydrogen (secondary N) is 1. The van der Waals surface area contributed by atoms with Gasteiger partial charge in [-0.1, -0.05) is 6.92 Å². The molecule has 0 saturated carbocycles. The number of hydrogen-bond donors (Lipinski definition) is 1. The van der Waals surface area contributed by atoms with Crippen molar-refractivity contribution in [1.82, 2.24) is 4.98 Å². The first-order valence-corrected chi connectivity index (χ1v) is 2.70. The second-order valence-electron chi connectivity index (χ2n) is 1.31. The first-order chi connectivity index (χ1) is 3.91. The standard InChI is InChI=1S/C4H4N.C3H7.Ru/c1-2-4-5-3-1;1-3-2;/h1-3,5H;1,3H2,2H3;/q2*-1;+2. The van der Waals surface area contributed by atoms with Gasteiger partial charge in [-0.3, -0.25) is 0 Å². The van der Waals surface area contributed by atoms with Crippen LogP contribution in [-0.2, 0) is 19.5 Å². The molecule has 52 valence electrons. The third kappa shape index (κ3) is 11.5. The van der Waals surface area contributed by atoms with Gasteiger partial charge in [0.15, 0.2) is 0 Å². The summed E-state index contributed by atoms with van der Waals surface area (Å²) in [5, 5.41) is 0. The molecule has 0 atom stereocenters. The van der Waals surface area contributed by atoms with Gasteiger partial charge >= 0.3 is 19.5 Å². The zero-order valence-electron chi connectivity index (χ0n) is 5.50. The monoisotopic (exact) mass is 211 g/mol. The van der Waals surface area contributed by atoms with Crippen LogP contribution in [0.25, 0.3) is 0 Å². The molecule has 0 bridgehead atoms. The minimum Gasteiger partial charge on any atom is -0.484 e. The Morgan fingerprint density at radius 2 is 2.22 bits per heavy atom. The molecule has 1 aromatic rings. The summed E-state index contributed by atoms with van der Waals surface area (Å²) < 4.78 is 0. The van der Waals surface area contributed by atoms with Gasteiger partial charge in [-0.05, 0) is 0 Å². The maximum Gasteiger partial charge on any atom is 2.00 e. The van der Waals surface area contributed by atoms with Gasteiger partial charge in [0.05, 0.1) is 0 Å². The van der Waals surface area contributed by atoms with Crippen molar-refractivity contribution >= 4 is 0 Å². The van der Waals surface area contributed by atoms with Gasteiger partial charge in [-0.2, -0.15) is 24.8 Å². The van der Waals surface area contributed by atoms with Crippen LogP contribution in [0.4, 0.5) is 0 Å². The third-order valence-corrected chi connectivity index (χ3v) is 0.442. The smallest absolute Gasteiger partial charge is 0.484 e. The van der Waals surface area contributed by atoms with E-state index in [4.69, 9.17) is 0 Å². The first-order valence-electron chi connectivity index (χ1n) is 2.70. The van der Waals surface area contributed by atoms with Crippen LogP contribution in [0.1, 0.15) is 13.3 Å². The summed E-state index contributed by atoms with van der Waals surface area (Å²) in [6.45, 7) is 5.50. The fourth-order valence-corrected chi connectivity index (χ4v) is 0.241. The molecule has 1 rings (SSSR count). The fraction of sp³-hybridized carbons (Fsp3) is 0.286. The molecule has 0 spiro atoms. The van der Waals surface area contributed by atoms with Crippen LogP contribution in [0.2, 0.25) is 0 Å². The fourth-order valence-electron chi connectivity index (χ4n) is 0.241. The summed E-state index contributed by atoms with van der Waals surface area (Å²) in [6, 6.07) is 3.71. The van der Waals surface area contributed by atoms with Crippen LogP contribution in [0.15, 0.2) is 18.3 Å². The van der Waals surface area contributed by atoms with Gasteiger partial charge in [0.25, 0.3) is 0 Å². The van der Waals surface area contributed by atoms with Crippen molar-refractivity contribution in [1.29, 1.82) is 0 Å². The Morgan fingerprint density at radius 3 is 2.33 bits per heavy atom. The summed E-state index contributed by atoms with van der Waals surface area (Å²) in [4.78, 5) is 2.74.